The number of hydrogen-bond acceptors (Lipinski definition) is 3. The van der Waals surface area contributed by atoms with E-state index in [4.69, 9.17) is 9.15 Å². The van der Waals surface area contributed by atoms with Gasteiger partial charge in [-0.05, 0) is 42.5 Å². The predicted octanol–water partition coefficient (Wildman–Crippen LogP) is 5.20. The van der Waals surface area contributed by atoms with E-state index in [1.807, 2.05) is 18.2 Å². The van der Waals surface area contributed by atoms with Gasteiger partial charge in [0.2, 0.25) is 5.78 Å². The van der Waals surface area contributed by atoms with E-state index in [0.29, 0.717) is 22.7 Å². The van der Waals surface area contributed by atoms with Crippen molar-refractivity contribution in [2.75, 3.05) is 7.11 Å². The monoisotopic (exact) mass is 408 g/mol. The quantitative estimate of drug-likeness (QED) is 0.558. The van der Waals surface area contributed by atoms with Crippen LogP contribution in [0, 0.1) is 0 Å². The van der Waals surface area contributed by atoms with E-state index < -0.39 is 0 Å². The van der Waals surface area contributed by atoms with Crippen LogP contribution in [0.2, 0.25) is 0 Å². The van der Waals surface area contributed by atoms with E-state index in [0.717, 1.165) is 14.3 Å². The summed E-state index contributed by atoms with van der Waals surface area (Å²) in [5.74, 6) is 0.731. The zero-order valence-electron chi connectivity index (χ0n) is 11.0. The molecule has 1 heterocycles. The standard InChI is InChI=1S/C16H10Br2O3/c1-20-14-8-12(18)6-10-7-13(21-16(10)14)15(19)9-2-4-11(17)5-3-9/h2-8H,1H3. The van der Waals surface area contributed by atoms with Crippen LogP contribution in [0.1, 0.15) is 16.1 Å². The van der Waals surface area contributed by atoms with Gasteiger partial charge in [-0.3, -0.25) is 4.79 Å². The van der Waals surface area contributed by atoms with Crippen molar-refractivity contribution in [3.05, 3.63) is 62.7 Å². The molecule has 1 aromatic heterocycles. The number of hydrogen-bond donors (Lipinski definition) is 0. The van der Waals surface area contributed by atoms with E-state index in [1.165, 1.54) is 0 Å². The van der Waals surface area contributed by atoms with Crippen molar-refractivity contribution in [1.82, 2.24) is 0 Å². The lowest BCUT2D eigenvalue weighted by atomic mass is 10.1. The number of benzene rings is 2. The lowest BCUT2D eigenvalue weighted by Crippen LogP contribution is -1.98. The van der Waals surface area contributed by atoms with Crippen molar-refractivity contribution in [2.24, 2.45) is 0 Å². The smallest absolute Gasteiger partial charge is 0.228 e. The fraction of sp³-hybridized carbons (Fsp3) is 0.0625. The van der Waals surface area contributed by atoms with E-state index in [2.05, 4.69) is 31.9 Å². The largest absolute Gasteiger partial charge is 0.493 e. The third-order valence-electron chi connectivity index (χ3n) is 3.10. The first-order valence-electron chi connectivity index (χ1n) is 6.16. The average Bonchev–Trinajstić information content (AvgIpc) is 2.90. The number of furan rings is 1. The first-order chi connectivity index (χ1) is 10.1. The first kappa shape index (κ1) is 14.4. The Hall–Kier alpha value is -1.59. The molecule has 0 N–H and O–H groups in total. The van der Waals surface area contributed by atoms with Crippen LogP contribution in [-0.2, 0) is 0 Å². The molecule has 0 aliphatic carbocycles. The average molecular weight is 410 g/mol. The molecule has 0 fully saturated rings. The number of ketones is 1. The molecule has 0 aliphatic heterocycles. The van der Waals surface area contributed by atoms with Gasteiger partial charge in [0.1, 0.15) is 0 Å². The minimum absolute atomic E-state index is 0.156. The van der Waals surface area contributed by atoms with Crippen molar-refractivity contribution in [3.63, 3.8) is 0 Å². The Morgan fingerprint density at radius 1 is 1.05 bits per heavy atom. The number of carbonyl (C=O) groups excluding carboxylic acids is 1. The summed E-state index contributed by atoms with van der Waals surface area (Å²) in [6, 6.07) is 12.6. The van der Waals surface area contributed by atoms with Gasteiger partial charge in [0.05, 0.1) is 7.11 Å². The Kier molecular flexibility index (Phi) is 3.87. The van der Waals surface area contributed by atoms with Crippen molar-refractivity contribution < 1.29 is 13.9 Å². The lowest BCUT2D eigenvalue weighted by Gasteiger charge is -2.01. The molecule has 0 amide bonds. The van der Waals surface area contributed by atoms with E-state index in [9.17, 15) is 4.79 Å². The highest BCUT2D eigenvalue weighted by Gasteiger charge is 2.17. The number of fused-ring (bicyclic) bond motifs is 1. The topological polar surface area (TPSA) is 39.4 Å². The maximum absolute atomic E-state index is 12.5. The van der Waals surface area contributed by atoms with E-state index >= 15 is 0 Å². The highest BCUT2D eigenvalue weighted by molar-refractivity contribution is 9.10. The summed E-state index contributed by atoms with van der Waals surface area (Å²) in [4.78, 5) is 12.5. The highest BCUT2D eigenvalue weighted by Crippen LogP contribution is 2.33. The second kappa shape index (κ2) is 5.66. The van der Waals surface area contributed by atoms with Crippen LogP contribution in [0.4, 0.5) is 0 Å². The van der Waals surface area contributed by atoms with E-state index in [1.54, 1.807) is 31.4 Å². The van der Waals surface area contributed by atoms with Gasteiger partial charge in [-0.2, -0.15) is 0 Å². The van der Waals surface area contributed by atoms with Gasteiger partial charge in [0.15, 0.2) is 17.1 Å². The molecular weight excluding hydrogens is 400 g/mol. The van der Waals surface area contributed by atoms with Gasteiger partial charge in [0.25, 0.3) is 0 Å². The first-order valence-corrected chi connectivity index (χ1v) is 7.74. The number of ether oxygens (including phenoxy) is 1. The van der Waals surface area contributed by atoms with Crippen LogP contribution in [0.25, 0.3) is 11.0 Å². The third-order valence-corrected chi connectivity index (χ3v) is 4.08. The molecule has 0 radical (unpaired) electrons. The molecule has 0 saturated carbocycles. The van der Waals surface area contributed by atoms with Gasteiger partial charge in [-0.1, -0.05) is 31.9 Å². The molecule has 0 atom stereocenters. The Morgan fingerprint density at radius 2 is 1.76 bits per heavy atom. The maximum Gasteiger partial charge on any atom is 0.228 e. The molecule has 0 unspecified atom stereocenters. The Labute approximate surface area is 138 Å². The molecule has 0 spiro atoms. The molecule has 0 bridgehead atoms. The normalized spacial score (nSPS) is 10.8. The molecule has 3 nitrogen and oxygen atoms in total. The molecule has 2 aromatic carbocycles. The zero-order valence-corrected chi connectivity index (χ0v) is 14.2. The van der Waals surface area contributed by atoms with Gasteiger partial charge < -0.3 is 9.15 Å². The molecule has 0 saturated heterocycles. The van der Waals surface area contributed by atoms with Crippen LogP contribution in [0.15, 0.2) is 55.8 Å². The van der Waals surface area contributed by atoms with Gasteiger partial charge in [0, 0.05) is 19.9 Å². The maximum atomic E-state index is 12.5. The Bertz CT molecular complexity index is 819. The van der Waals surface area contributed by atoms with Gasteiger partial charge in [-0.15, -0.1) is 0 Å². The Morgan fingerprint density at radius 3 is 2.43 bits per heavy atom. The molecule has 3 rings (SSSR count). The molecular formula is C16H10Br2O3. The molecule has 0 aliphatic rings. The minimum atomic E-state index is -0.156. The summed E-state index contributed by atoms with van der Waals surface area (Å²) in [5, 5.41) is 0.821. The van der Waals surface area contributed by atoms with Crippen LogP contribution in [0.3, 0.4) is 0 Å². The number of carbonyl (C=O) groups is 1. The summed E-state index contributed by atoms with van der Waals surface area (Å²) in [5.41, 5.74) is 1.15. The SMILES string of the molecule is COc1cc(Br)cc2cc(C(=O)c3ccc(Br)cc3)oc12. The zero-order chi connectivity index (χ0) is 15.0. The van der Waals surface area contributed by atoms with Crippen LogP contribution >= 0.6 is 31.9 Å². The number of halogens is 2. The number of rotatable bonds is 3. The van der Waals surface area contributed by atoms with Gasteiger partial charge >= 0.3 is 0 Å². The summed E-state index contributed by atoms with van der Waals surface area (Å²) < 4.78 is 12.8. The van der Waals surface area contributed by atoms with Crippen LogP contribution < -0.4 is 4.74 Å². The van der Waals surface area contributed by atoms with E-state index in [-0.39, 0.29) is 5.78 Å². The minimum Gasteiger partial charge on any atom is -0.493 e. The molecule has 106 valence electrons. The second-order valence-corrected chi connectivity index (χ2v) is 6.30. The summed E-state index contributed by atoms with van der Waals surface area (Å²) in [6.07, 6.45) is 0. The third kappa shape index (κ3) is 2.76. The van der Waals surface area contributed by atoms with Crippen molar-refractivity contribution in [1.29, 1.82) is 0 Å². The predicted molar refractivity (Wildman–Crippen MR) is 88.0 cm³/mol. The molecule has 3 aromatic rings. The summed E-state index contributed by atoms with van der Waals surface area (Å²) in [6.45, 7) is 0. The van der Waals surface area contributed by atoms with Crippen molar-refractivity contribution in [3.8, 4) is 5.75 Å². The molecule has 21 heavy (non-hydrogen) atoms. The highest BCUT2D eigenvalue weighted by atomic mass is 79.9. The molecule has 5 heteroatoms. The summed E-state index contributed by atoms with van der Waals surface area (Å²) in [7, 11) is 1.57. The van der Waals surface area contributed by atoms with Gasteiger partial charge in [-0.25, -0.2) is 0 Å². The van der Waals surface area contributed by atoms with Crippen LogP contribution in [-0.4, -0.2) is 12.9 Å². The van der Waals surface area contributed by atoms with Crippen molar-refractivity contribution in [2.45, 2.75) is 0 Å². The summed E-state index contributed by atoms with van der Waals surface area (Å²) >= 11 is 6.76. The van der Waals surface area contributed by atoms with Crippen LogP contribution in [0.5, 0.6) is 5.75 Å². The second-order valence-electron chi connectivity index (χ2n) is 4.47. The van der Waals surface area contributed by atoms with Crippen molar-refractivity contribution >= 4 is 48.6 Å². The fourth-order valence-corrected chi connectivity index (χ4v) is 2.81. The fourth-order valence-electron chi connectivity index (χ4n) is 2.09. The number of methoxy groups -OCH3 is 1. The lowest BCUT2D eigenvalue weighted by molar-refractivity contribution is 0.101. The Balaban J connectivity index is 2.08.